The number of ether oxygens (including phenoxy) is 1. The minimum absolute atomic E-state index is 0.0316. The van der Waals surface area contributed by atoms with Gasteiger partial charge in [-0.3, -0.25) is 5.32 Å². The van der Waals surface area contributed by atoms with Crippen LogP contribution in [0.2, 0.25) is 0 Å². The molecular weight excluding hydrogens is 438 g/mol. The summed E-state index contributed by atoms with van der Waals surface area (Å²) in [6, 6.07) is 27.5. The smallest absolute Gasteiger partial charge is 0.411 e. The van der Waals surface area contributed by atoms with Gasteiger partial charge in [0.05, 0.1) is 18.0 Å². The monoisotopic (exact) mass is 467 g/mol. The van der Waals surface area contributed by atoms with Gasteiger partial charge < -0.3 is 15.0 Å². The Morgan fingerprint density at radius 3 is 2.06 bits per heavy atom. The molecule has 6 heteroatoms. The molecule has 1 aliphatic rings. The van der Waals surface area contributed by atoms with Gasteiger partial charge in [0, 0.05) is 29.8 Å². The number of anilines is 2. The quantitative estimate of drug-likeness (QED) is 0.331. The first-order chi connectivity index (χ1) is 17.2. The number of benzene rings is 4. The Balaban J connectivity index is 1.18. The van der Waals surface area contributed by atoms with Gasteiger partial charge in [-0.25, -0.2) is 9.59 Å². The van der Waals surface area contributed by atoms with Crippen LogP contribution in [0.5, 0.6) is 0 Å². The Morgan fingerprint density at radius 1 is 0.771 bits per heavy atom. The van der Waals surface area contributed by atoms with Gasteiger partial charge in [-0.2, -0.15) is 0 Å². The van der Waals surface area contributed by atoms with Crippen molar-refractivity contribution in [2.24, 2.45) is 0 Å². The third-order valence-corrected chi connectivity index (χ3v) is 6.63. The van der Waals surface area contributed by atoms with Crippen LogP contribution >= 0.6 is 0 Å². The zero-order chi connectivity index (χ0) is 24.0. The van der Waals surface area contributed by atoms with Gasteiger partial charge in [-0.15, -0.1) is 0 Å². The maximum atomic E-state index is 13.2. The summed E-state index contributed by atoms with van der Waals surface area (Å²) in [5.41, 5.74) is 1.53. The van der Waals surface area contributed by atoms with E-state index in [1.807, 2.05) is 89.8 Å². The summed E-state index contributed by atoms with van der Waals surface area (Å²) < 4.78 is 5.49. The largest absolute Gasteiger partial charge is 0.449 e. The molecule has 0 spiro atoms. The first-order valence-electron chi connectivity index (χ1n) is 12.2. The molecule has 5 rings (SSSR count). The molecule has 0 radical (unpaired) electrons. The highest BCUT2D eigenvalue weighted by molar-refractivity contribution is 6.02. The number of rotatable bonds is 5. The molecule has 0 saturated carbocycles. The maximum absolute atomic E-state index is 13.2. The van der Waals surface area contributed by atoms with Crippen LogP contribution in [0, 0.1) is 0 Å². The Kier molecular flexibility index (Phi) is 6.80. The molecule has 1 heterocycles. The van der Waals surface area contributed by atoms with Crippen molar-refractivity contribution in [2.45, 2.75) is 31.7 Å². The van der Waals surface area contributed by atoms with E-state index in [1.165, 1.54) is 0 Å². The highest BCUT2D eigenvalue weighted by atomic mass is 16.5. The Bertz CT molecular complexity index is 1340. The molecule has 0 aliphatic carbocycles. The van der Waals surface area contributed by atoms with Crippen molar-refractivity contribution in [3.8, 4) is 0 Å². The lowest BCUT2D eigenvalue weighted by Crippen LogP contribution is -2.46. The lowest BCUT2D eigenvalue weighted by Gasteiger charge is -2.35. The molecule has 1 saturated heterocycles. The van der Waals surface area contributed by atoms with Gasteiger partial charge in [0.25, 0.3) is 0 Å². The third-order valence-electron chi connectivity index (χ3n) is 6.63. The van der Waals surface area contributed by atoms with Gasteiger partial charge in [0.2, 0.25) is 0 Å². The molecule has 1 unspecified atom stereocenters. The molecule has 0 aromatic heterocycles. The molecule has 1 fully saturated rings. The van der Waals surface area contributed by atoms with Gasteiger partial charge in [-0.05, 0) is 42.2 Å². The topological polar surface area (TPSA) is 70.7 Å². The lowest BCUT2D eigenvalue weighted by molar-refractivity contribution is 0.123. The summed E-state index contributed by atoms with van der Waals surface area (Å²) >= 11 is 0. The Labute approximate surface area is 204 Å². The molecular formula is C29H29N3O3. The van der Waals surface area contributed by atoms with Crippen LogP contribution in [0.3, 0.4) is 0 Å². The number of hydrogen-bond donors (Lipinski definition) is 2. The highest BCUT2D eigenvalue weighted by Gasteiger charge is 2.27. The van der Waals surface area contributed by atoms with Gasteiger partial charge in [0.1, 0.15) is 0 Å². The van der Waals surface area contributed by atoms with E-state index in [0.717, 1.165) is 52.2 Å². The van der Waals surface area contributed by atoms with Crippen molar-refractivity contribution in [2.75, 3.05) is 23.8 Å². The first-order valence-corrected chi connectivity index (χ1v) is 12.2. The number of fused-ring (bicyclic) bond motifs is 2. The third kappa shape index (κ3) is 5.22. The number of urea groups is 1. The minimum Gasteiger partial charge on any atom is -0.449 e. The minimum atomic E-state index is -0.482. The molecule has 4 aromatic rings. The molecule has 1 atom stereocenters. The van der Waals surface area contributed by atoms with Crippen LogP contribution in [-0.4, -0.2) is 36.2 Å². The van der Waals surface area contributed by atoms with Crippen LogP contribution in [-0.2, 0) is 4.74 Å². The van der Waals surface area contributed by atoms with E-state index in [0.29, 0.717) is 13.0 Å². The zero-order valence-corrected chi connectivity index (χ0v) is 19.6. The summed E-state index contributed by atoms with van der Waals surface area (Å²) in [6.45, 7) is 0.947. The van der Waals surface area contributed by atoms with E-state index in [2.05, 4.69) is 10.6 Å². The van der Waals surface area contributed by atoms with Crippen molar-refractivity contribution in [3.63, 3.8) is 0 Å². The van der Waals surface area contributed by atoms with Gasteiger partial charge in [-0.1, -0.05) is 72.8 Å². The van der Waals surface area contributed by atoms with Crippen LogP contribution in [0.15, 0.2) is 84.9 Å². The van der Waals surface area contributed by atoms with Gasteiger partial charge in [0.15, 0.2) is 0 Å². The second kappa shape index (κ2) is 10.5. The van der Waals surface area contributed by atoms with Gasteiger partial charge >= 0.3 is 12.1 Å². The second-order valence-electron chi connectivity index (χ2n) is 8.88. The maximum Gasteiger partial charge on any atom is 0.411 e. The Morgan fingerprint density at radius 2 is 1.37 bits per heavy atom. The van der Waals surface area contributed by atoms with Crippen LogP contribution in [0.1, 0.15) is 25.7 Å². The van der Waals surface area contributed by atoms with Crippen molar-refractivity contribution >= 4 is 45.0 Å². The van der Waals surface area contributed by atoms with Crippen molar-refractivity contribution < 1.29 is 14.3 Å². The SMILES string of the molecule is O=C(Nc1cccc2ccccc12)OCCC1CCCCN1C(=O)Nc1cccc2ccccc12. The van der Waals surface area contributed by atoms with Crippen molar-refractivity contribution in [3.05, 3.63) is 84.9 Å². The molecule has 178 valence electrons. The number of nitrogens with one attached hydrogen (secondary N) is 2. The van der Waals surface area contributed by atoms with Crippen LogP contribution in [0.25, 0.3) is 21.5 Å². The van der Waals surface area contributed by atoms with E-state index in [4.69, 9.17) is 4.74 Å². The van der Waals surface area contributed by atoms with Crippen LogP contribution in [0.4, 0.5) is 21.0 Å². The lowest BCUT2D eigenvalue weighted by atomic mass is 10.00. The zero-order valence-electron chi connectivity index (χ0n) is 19.6. The van der Waals surface area contributed by atoms with Crippen LogP contribution < -0.4 is 10.6 Å². The number of nitrogens with zero attached hydrogens (tertiary/aromatic N) is 1. The average molecular weight is 468 g/mol. The molecule has 6 nitrogen and oxygen atoms in total. The predicted octanol–water partition coefficient (Wildman–Crippen LogP) is 7.02. The number of amides is 3. The van der Waals surface area contributed by atoms with Crippen molar-refractivity contribution in [1.29, 1.82) is 0 Å². The number of piperidine rings is 1. The first kappa shape index (κ1) is 22.7. The van der Waals surface area contributed by atoms with E-state index in [9.17, 15) is 9.59 Å². The fourth-order valence-electron chi connectivity index (χ4n) is 4.86. The summed E-state index contributed by atoms with van der Waals surface area (Å²) in [5, 5.41) is 10.1. The standard InChI is InChI=1S/C29H29N3O3/c33-28(30-26-16-7-11-21-9-1-3-14-24(21)26)32-19-6-5-13-23(32)18-20-35-29(34)31-27-17-8-12-22-10-2-4-15-25(22)27/h1-4,7-12,14-17,23H,5-6,13,18-20H2,(H,30,33)(H,31,34). The fourth-order valence-corrected chi connectivity index (χ4v) is 4.86. The molecule has 3 amide bonds. The second-order valence-corrected chi connectivity index (χ2v) is 8.88. The normalized spacial score (nSPS) is 15.7. The molecule has 4 aromatic carbocycles. The number of hydrogen-bond acceptors (Lipinski definition) is 3. The van der Waals surface area contributed by atoms with E-state index in [-0.39, 0.29) is 18.7 Å². The summed E-state index contributed by atoms with van der Waals surface area (Å²) in [7, 11) is 0. The average Bonchev–Trinajstić information content (AvgIpc) is 2.89. The summed E-state index contributed by atoms with van der Waals surface area (Å²) in [4.78, 5) is 27.5. The molecule has 35 heavy (non-hydrogen) atoms. The fraction of sp³-hybridized carbons (Fsp3) is 0.241. The van der Waals surface area contributed by atoms with Crippen molar-refractivity contribution in [1.82, 2.24) is 4.90 Å². The molecule has 0 bridgehead atoms. The van der Waals surface area contributed by atoms with E-state index in [1.54, 1.807) is 0 Å². The van der Waals surface area contributed by atoms with E-state index < -0.39 is 6.09 Å². The number of carbonyl (C=O) groups excluding carboxylic acids is 2. The number of likely N-dealkylation sites (tertiary alicyclic amines) is 1. The highest BCUT2D eigenvalue weighted by Crippen LogP contribution is 2.26. The summed E-state index contributed by atoms with van der Waals surface area (Å²) in [6.07, 6.45) is 3.06. The summed E-state index contributed by atoms with van der Waals surface area (Å²) in [5.74, 6) is 0. The number of carbonyl (C=O) groups is 2. The predicted molar refractivity (Wildman–Crippen MR) is 141 cm³/mol. The molecule has 2 N–H and O–H groups in total. The van der Waals surface area contributed by atoms with E-state index >= 15 is 0 Å². The molecule has 1 aliphatic heterocycles. The Hall–Kier alpha value is -4.06.